The summed E-state index contributed by atoms with van der Waals surface area (Å²) in [5.74, 6) is -0.362. The van der Waals surface area contributed by atoms with Gasteiger partial charge < -0.3 is 15.2 Å². The van der Waals surface area contributed by atoms with Crippen LogP contribution >= 0.6 is 0 Å². The quantitative estimate of drug-likeness (QED) is 0.838. The summed E-state index contributed by atoms with van der Waals surface area (Å²) in [7, 11) is 1.64. The van der Waals surface area contributed by atoms with Crippen molar-refractivity contribution in [1.29, 1.82) is 0 Å². The molecule has 0 saturated carbocycles. The average molecular weight is 280 g/mol. The van der Waals surface area contributed by atoms with Gasteiger partial charge in [-0.3, -0.25) is 0 Å². The Balaban J connectivity index is 3.12. The molecule has 0 saturated heterocycles. The Labute approximate surface area is 120 Å². The normalized spacial score (nSPS) is 13.1. The molecule has 0 aliphatic heterocycles. The molecule has 0 radical (unpaired) electrons. The molecule has 5 heteroatoms. The van der Waals surface area contributed by atoms with Gasteiger partial charge in [0, 0.05) is 18.2 Å². The summed E-state index contributed by atoms with van der Waals surface area (Å²) >= 11 is 0. The summed E-state index contributed by atoms with van der Waals surface area (Å²) in [6.45, 7) is 8.63. The van der Waals surface area contributed by atoms with E-state index in [9.17, 15) is 9.90 Å². The lowest BCUT2D eigenvalue weighted by Gasteiger charge is -2.22. The molecule has 5 nitrogen and oxygen atoms in total. The van der Waals surface area contributed by atoms with Crippen LogP contribution in [0.2, 0.25) is 0 Å². The predicted molar refractivity (Wildman–Crippen MR) is 79.5 cm³/mol. The third-order valence-corrected chi connectivity index (χ3v) is 3.05. The highest BCUT2D eigenvalue weighted by molar-refractivity contribution is 5.88. The highest BCUT2D eigenvalue weighted by atomic mass is 16.5. The highest BCUT2D eigenvalue weighted by Crippen LogP contribution is 2.24. The van der Waals surface area contributed by atoms with Gasteiger partial charge in [-0.1, -0.05) is 27.7 Å². The third kappa shape index (κ3) is 4.49. The first-order valence-electron chi connectivity index (χ1n) is 6.79. The summed E-state index contributed by atoms with van der Waals surface area (Å²) in [6.07, 6.45) is 0.873. The SMILES string of the molecule is CCC(COC)Nc1cc(C(=O)O)cc(C(C)(C)C)n1. The molecule has 0 amide bonds. The van der Waals surface area contributed by atoms with Crippen LogP contribution < -0.4 is 5.32 Å². The molecule has 1 unspecified atom stereocenters. The van der Waals surface area contributed by atoms with E-state index in [2.05, 4.69) is 10.3 Å². The van der Waals surface area contributed by atoms with Gasteiger partial charge >= 0.3 is 5.97 Å². The number of pyridine rings is 1. The van der Waals surface area contributed by atoms with Gasteiger partial charge in [0.15, 0.2) is 0 Å². The van der Waals surface area contributed by atoms with Gasteiger partial charge in [0.05, 0.1) is 18.2 Å². The van der Waals surface area contributed by atoms with Crippen LogP contribution in [0.15, 0.2) is 12.1 Å². The maximum Gasteiger partial charge on any atom is 0.335 e. The Hall–Kier alpha value is -1.62. The fourth-order valence-electron chi connectivity index (χ4n) is 1.78. The van der Waals surface area contributed by atoms with Gasteiger partial charge in [-0.05, 0) is 18.6 Å². The van der Waals surface area contributed by atoms with Crippen LogP contribution in [-0.4, -0.2) is 35.8 Å². The highest BCUT2D eigenvalue weighted by Gasteiger charge is 2.19. The number of ether oxygens (including phenoxy) is 1. The van der Waals surface area contributed by atoms with Crippen LogP contribution in [-0.2, 0) is 10.2 Å². The second kappa shape index (κ2) is 6.70. The minimum absolute atomic E-state index is 0.115. The molecule has 1 atom stereocenters. The molecule has 1 aromatic rings. The number of rotatable bonds is 6. The monoisotopic (exact) mass is 280 g/mol. The zero-order valence-corrected chi connectivity index (χ0v) is 12.9. The number of anilines is 1. The Morgan fingerprint density at radius 3 is 2.55 bits per heavy atom. The van der Waals surface area contributed by atoms with Crippen molar-refractivity contribution in [3.63, 3.8) is 0 Å². The Bertz CT molecular complexity index is 467. The average Bonchev–Trinajstić information content (AvgIpc) is 2.36. The number of aromatic nitrogens is 1. The number of hydrogen-bond acceptors (Lipinski definition) is 4. The molecule has 0 aliphatic carbocycles. The molecule has 1 heterocycles. The molecule has 0 fully saturated rings. The number of hydrogen-bond donors (Lipinski definition) is 2. The first-order valence-corrected chi connectivity index (χ1v) is 6.79. The van der Waals surface area contributed by atoms with Crippen LogP contribution in [0.3, 0.4) is 0 Å². The van der Waals surface area contributed by atoms with E-state index in [-0.39, 0.29) is 17.0 Å². The van der Waals surface area contributed by atoms with E-state index in [1.54, 1.807) is 19.2 Å². The second-order valence-electron chi connectivity index (χ2n) is 5.89. The summed E-state index contributed by atoms with van der Waals surface area (Å²) in [5.41, 5.74) is 0.803. The largest absolute Gasteiger partial charge is 0.478 e. The lowest BCUT2D eigenvalue weighted by Crippen LogP contribution is -2.25. The number of aromatic carboxylic acids is 1. The van der Waals surface area contributed by atoms with Crippen molar-refractivity contribution in [3.8, 4) is 0 Å². The summed E-state index contributed by atoms with van der Waals surface area (Å²) < 4.78 is 5.14. The minimum atomic E-state index is -0.944. The molecule has 1 aromatic heterocycles. The van der Waals surface area contributed by atoms with E-state index in [4.69, 9.17) is 4.74 Å². The van der Waals surface area contributed by atoms with E-state index < -0.39 is 5.97 Å². The maximum absolute atomic E-state index is 11.2. The molecule has 20 heavy (non-hydrogen) atoms. The van der Waals surface area contributed by atoms with Crippen molar-refractivity contribution < 1.29 is 14.6 Å². The Kier molecular flexibility index (Phi) is 5.51. The second-order valence-corrected chi connectivity index (χ2v) is 5.89. The predicted octanol–water partition coefficient (Wildman–Crippen LogP) is 2.91. The molecule has 1 rings (SSSR count). The van der Waals surface area contributed by atoms with Crippen LogP contribution in [0.25, 0.3) is 0 Å². The fourth-order valence-corrected chi connectivity index (χ4v) is 1.78. The number of nitrogens with one attached hydrogen (secondary N) is 1. The van der Waals surface area contributed by atoms with Crippen LogP contribution in [0.1, 0.15) is 50.2 Å². The Morgan fingerprint density at radius 2 is 2.10 bits per heavy atom. The molecule has 0 bridgehead atoms. The minimum Gasteiger partial charge on any atom is -0.478 e. The van der Waals surface area contributed by atoms with E-state index in [1.165, 1.54) is 0 Å². The van der Waals surface area contributed by atoms with E-state index in [1.807, 2.05) is 27.7 Å². The molecule has 0 aliphatic rings. The molecular weight excluding hydrogens is 256 g/mol. The van der Waals surface area contributed by atoms with Crippen molar-refractivity contribution in [1.82, 2.24) is 4.98 Å². The zero-order chi connectivity index (χ0) is 15.3. The zero-order valence-electron chi connectivity index (χ0n) is 12.9. The van der Waals surface area contributed by atoms with Gasteiger partial charge in [0.2, 0.25) is 0 Å². The van der Waals surface area contributed by atoms with Crippen molar-refractivity contribution in [3.05, 3.63) is 23.4 Å². The van der Waals surface area contributed by atoms with E-state index in [0.717, 1.165) is 12.1 Å². The number of methoxy groups -OCH3 is 1. The lowest BCUT2D eigenvalue weighted by molar-refractivity contribution is 0.0696. The number of carboxylic acid groups (broad SMARTS) is 1. The summed E-state index contributed by atoms with van der Waals surface area (Å²) in [5, 5.41) is 12.5. The Morgan fingerprint density at radius 1 is 1.45 bits per heavy atom. The van der Waals surface area contributed by atoms with Gasteiger partial charge in [-0.15, -0.1) is 0 Å². The molecule has 2 N–H and O–H groups in total. The number of carboxylic acids is 1. The number of carbonyl (C=O) groups is 1. The van der Waals surface area contributed by atoms with Crippen molar-refractivity contribution in [2.45, 2.75) is 45.6 Å². The first kappa shape index (κ1) is 16.4. The van der Waals surface area contributed by atoms with Crippen molar-refractivity contribution in [2.24, 2.45) is 0 Å². The maximum atomic E-state index is 11.2. The van der Waals surface area contributed by atoms with Crippen LogP contribution in [0, 0.1) is 0 Å². The van der Waals surface area contributed by atoms with E-state index >= 15 is 0 Å². The van der Waals surface area contributed by atoms with E-state index in [0.29, 0.717) is 12.4 Å². The van der Waals surface area contributed by atoms with Crippen molar-refractivity contribution in [2.75, 3.05) is 19.0 Å². The van der Waals surface area contributed by atoms with Gasteiger partial charge in [-0.25, -0.2) is 9.78 Å². The van der Waals surface area contributed by atoms with Crippen molar-refractivity contribution >= 4 is 11.8 Å². The third-order valence-electron chi connectivity index (χ3n) is 3.05. The van der Waals surface area contributed by atoms with Crippen LogP contribution in [0.4, 0.5) is 5.82 Å². The summed E-state index contributed by atoms with van der Waals surface area (Å²) in [6, 6.07) is 3.31. The molecule has 0 aromatic carbocycles. The topological polar surface area (TPSA) is 71.5 Å². The molecule has 0 spiro atoms. The van der Waals surface area contributed by atoms with Gasteiger partial charge in [0.25, 0.3) is 0 Å². The molecule has 112 valence electrons. The van der Waals surface area contributed by atoms with Gasteiger partial charge in [0.1, 0.15) is 5.82 Å². The lowest BCUT2D eigenvalue weighted by atomic mass is 9.90. The van der Waals surface area contributed by atoms with Crippen LogP contribution in [0.5, 0.6) is 0 Å². The summed E-state index contributed by atoms with van der Waals surface area (Å²) in [4.78, 5) is 15.8. The fraction of sp³-hybridized carbons (Fsp3) is 0.600. The smallest absolute Gasteiger partial charge is 0.335 e. The number of nitrogens with zero attached hydrogens (tertiary/aromatic N) is 1. The molecular formula is C15H24N2O3. The van der Waals surface area contributed by atoms with Gasteiger partial charge in [-0.2, -0.15) is 0 Å². The standard InChI is InChI=1S/C15H24N2O3/c1-6-11(9-20-5)16-13-8-10(14(18)19)7-12(17-13)15(2,3)4/h7-8,11H,6,9H2,1-5H3,(H,16,17)(H,18,19). The first-order chi connectivity index (χ1) is 9.27.